The summed E-state index contributed by atoms with van der Waals surface area (Å²) in [6.45, 7) is 6.12. The van der Waals surface area contributed by atoms with Gasteiger partial charge in [-0.2, -0.15) is 0 Å². The maximum Gasteiger partial charge on any atom is 0.0875 e. The van der Waals surface area contributed by atoms with Crippen molar-refractivity contribution in [2.75, 3.05) is 0 Å². The summed E-state index contributed by atoms with van der Waals surface area (Å²) in [6.07, 6.45) is 35.7. The van der Waals surface area contributed by atoms with Gasteiger partial charge in [0.2, 0.25) is 0 Å². The SMILES string of the molecule is [B]C(C#C)CCCCCCCCCCCCCCCCCCCCCCC(=C)C. The van der Waals surface area contributed by atoms with Gasteiger partial charge >= 0.3 is 0 Å². The molecule has 0 saturated heterocycles. The molecule has 0 aliphatic heterocycles. The third-order valence-corrected chi connectivity index (χ3v) is 6.08. The molecule has 0 heterocycles. The first-order chi connectivity index (χ1) is 14.2. The Morgan fingerprint density at radius 3 is 1.17 bits per heavy atom. The third-order valence-electron chi connectivity index (χ3n) is 6.08. The van der Waals surface area contributed by atoms with Crippen molar-refractivity contribution in [3.8, 4) is 12.3 Å². The maximum atomic E-state index is 5.73. The van der Waals surface area contributed by atoms with E-state index in [0.29, 0.717) is 0 Å². The second kappa shape index (κ2) is 23.6. The van der Waals surface area contributed by atoms with Crippen LogP contribution >= 0.6 is 0 Å². The fourth-order valence-corrected chi connectivity index (χ4v) is 4.06. The molecule has 0 N–H and O–H groups in total. The molecule has 0 bridgehead atoms. The quantitative estimate of drug-likeness (QED) is 0.0695. The van der Waals surface area contributed by atoms with Crippen LogP contribution in [0.25, 0.3) is 0 Å². The molecule has 0 aromatic carbocycles. The van der Waals surface area contributed by atoms with Crippen molar-refractivity contribution in [1.82, 2.24) is 0 Å². The summed E-state index contributed by atoms with van der Waals surface area (Å²) < 4.78 is 0. The van der Waals surface area contributed by atoms with E-state index in [1.165, 1.54) is 140 Å². The van der Waals surface area contributed by atoms with Crippen molar-refractivity contribution in [2.24, 2.45) is 0 Å². The highest BCUT2D eigenvalue weighted by Gasteiger charge is 1.97. The number of hydrogen-bond acceptors (Lipinski definition) is 0. The van der Waals surface area contributed by atoms with Gasteiger partial charge in [0, 0.05) is 0 Å². The lowest BCUT2D eigenvalue weighted by Gasteiger charge is -2.05. The van der Waals surface area contributed by atoms with Crippen molar-refractivity contribution in [2.45, 2.75) is 154 Å². The predicted molar refractivity (Wildman–Crippen MR) is 135 cm³/mol. The molecule has 2 radical (unpaired) electrons. The number of allylic oxidation sites excluding steroid dienone is 1. The van der Waals surface area contributed by atoms with E-state index in [1.54, 1.807) is 0 Å². The van der Waals surface area contributed by atoms with Crippen LogP contribution in [0.1, 0.15) is 148 Å². The summed E-state index contributed by atoms with van der Waals surface area (Å²) >= 11 is 0. The Balaban J connectivity index is 3.03. The monoisotopic (exact) mass is 398 g/mol. The molecule has 0 aliphatic rings. The molecule has 0 rings (SSSR count). The van der Waals surface area contributed by atoms with Gasteiger partial charge in [-0.25, -0.2) is 0 Å². The van der Waals surface area contributed by atoms with E-state index < -0.39 is 0 Å². The van der Waals surface area contributed by atoms with E-state index in [-0.39, 0.29) is 5.82 Å². The molecule has 0 aliphatic carbocycles. The van der Waals surface area contributed by atoms with E-state index in [9.17, 15) is 0 Å². The fraction of sp³-hybridized carbons (Fsp3) is 0.857. The van der Waals surface area contributed by atoms with Gasteiger partial charge in [0.25, 0.3) is 0 Å². The van der Waals surface area contributed by atoms with E-state index in [1.807, 2.05) is 0 Å². The average molecular weight is 399 g/mol. The Morgan fingerprint density at radius 2 is 0.897 bits per heavy atom. The smallest absolute Gasteiger partial charge is 0.0875 e. The third kappa shape index (κ3) is 25.3. The summed E-state index contributed by atoms with van der Waals surface area (Å²) in [5.74, 6) is 2.58. The Bertz CT molecular complexity index is 378. The molecule has 1 unspecified atom stereocenters. The summed E-state index contributed by atoms with van der Waals surface area (Å²) in [4.78, 5) is 0. The van der Waals surface area contributed by atoms with E-state index in [0.717, 1.165) is 6.42 Å². The van der Waals surface area contributed by atoms with Crippen LogP contribution in [0.2, 0.25) is 5.82 Å². The molecule has 0 amide bonds. The molecule has 0 fully saturated rings. The maximum absolute atomic E-state index is 5.73. The van der Waals surface area contributed by atoms with Crippen LogP contribution in [0.4, 0.5) is 0 Å². The molecule has 0 aromatic heterocycles. The lowest BCUT2D eigenvalue weighted by atomic mass is 9.84. The van der Waals surface area contributed by atoms with E-state index in [4.69, 9.17) is 14.3 Å². The molecular weight excluding hydrogens is 347 g/mol. The summed E-state index contributed by atoms with van der Waals surface area (Å²) in [7, 11) is 5.73. The van der Waals surface area contributed by atoms with Gasteiger partial charge in [-0.05, 0) is 32.0 Å². The molecular formula is C28H51B. The molecule has 1 heteroatoms. The first-order valence-electron chi connectivity index (χ1n) is 13.0. The van der Waals surface area contributed by atoms with Gasteiger partial charge in [-0.1, -0.05) is 128 Å². The zero-order valence-electron chi connectivity index (χ0n) is 20.0. The highest BCUT2D eigenvalue weighted by atomic mass is 14.0. The minimum absolute atomic E-state index is 0.0260. The normalized spacial score (nSPS) is 12.0. The number of terminal acetylenes is 1. The molecule has 1 atom stereocenters. The summed E-state index contributed by atoms with van der Waals surface area (Å²) in [6, 6.07) is 0. The Kier molecular flexibility index (Phi) is 23.1. The standard InChI is InChI=1S/C28H51B/c1-4-28(29)26-24-22-20-18-16-14-12-10-8-6-5-7-9-11-13-15-17-19-21-23-25-27(2)3/h1,28H,2,5-26H2,3H3. The van der Waals surface area contributed by atoms with Gasteiger partial charge in [-0.3, -0.25) is 0 Å². The highest BCUT2D eigenvalue weighted by Crippen LogP contribution is 2.16. The van der Waals surface area contributed by atoms with Crippen molar-refractivity contribution in [3.05, 3.63) is 12.2 Å². The fourth-order valence-electron chi connectivity index (χ4n) is 4.06. The summed E-state index contributed by atoms with van der Waals surface area (Å²) in [5, 5.41) is 0. The van der Waals surface area contributed by atoms with Crippen LogP contribution in [-0.2, 0) is 0 Å². The van der Waals surface area contributed by atoms with Crippen molar-refractivity contribution < 1.29 is 0 Å². The highest BCUT2D eigenvalue weighted by molar-refractivity contribution is 6.13. The minimum Gasteiger partial charge on any atom is -0.121 e. The van der Waals surface area contributed by atoms with Crippen LogP contribution in [0.15, 0.2) is 12.2 Å². The van der Waals surface area contributed by atoms with Crippen LogP contribution in [0.3, 0.4) is 0 Å². The van der Waals surface area contributed by atoms with E-state index >= 15 is 0 Å². The molecule has 166 valence electrons. The van der Waals surface area contributed by atoms with Crippen LogP contribution in [-0.4, -0.2) is 7.85 Å². The lowest BCUT2D eigenvalue weighted by Crippen LogP contribution is -1.88. The van der Waals surface area contributed by atoms with Gasteiger partial charge in [0.1, 0.15) is 0 Å². The largest absolute Gasteiger partial charge is 0.121 e. The molecule has 29 heavy (non-hydrogen) atoms. The molecule has 0 nitrogen and oxygen atoms in total. The van der Waals surface area contributed by atoms with Gasteiger partial charge in [0.05, 0.1) is 7.85 Å². The number of unbranched alkanes of at least 4 members (excludes halogenated alkanes) is 19. The Hall–Kier alpha value is -0.635. The van der Waals surface area contributed by atoms with Crippen LogP contribution in [0.5, 0.6) is 0 Å². The molecule has 0 spiro atoms. The topological polar surface area (TPSA) is 0 Å². The molecule has 0 aromatic rings. The second-order valence-corrected chi connectivity index (χ2v) is 9.34. The second-order valence-electron chi connectivity index (χ2n) is 9.34. The van der Waals surface area contributed by atoms with Crippen LogP contribution in [0, 0.1) is 12.3 Å². The zero-order valence-corrected chi connectivity index (χ0v) is 20.0. The molecule has 0 saturated carbocycles. The average Bonchev–Trinajstić information content (AvgIpc) is 2.71. The van der Waals surface area contributed by atoms with Crippen molar-refractivity contribution >= 4 is 7.85 Å². The summed E-state index contributed by atoms with van der Waals surface area (Å²) in [5.41, 5.74) is 1.34. The Morgan fingerprint density at radius 1 is 0.621 bits per heavy atom. The van der Waals surface area contributed by atoms with Crippen molar-refractivity contribution in [1.29, 1.82) is 0 Å². The van der Waals surface area contributed by atoms with Gasteiger partial charge in [-0.15, -0.1) is 18.9 Å². The van der Waals surface area contributed by atoms with Crippen molar-refractivity contribution in [3.63, 3.8) is 0 Å². The van der Waals surface area contributed by atoms with Gasteiger partial charge in [0.15, 0.2) is 0 Å². The van der Waals surface area contributed by atoms with Gasteiger partial charge < -0.3 is 0 Å². The zero-order chi connectivity index (χ0) is 21.4. The number of hydrogen-bond donors (Lipinski definition) is 0. The van der Waals surface area contributed by atoms with E-state index in [2.05, 4.69) is 19.4 Å². The Labute approximate surface area is 186 Å². The minimum atomic E-state index is -0.0260. The number of rotatable bonds is 23. The van der Waals surface area contributed by atoms with Crippen LogP contribution < -0.4 is 0 Å². The lowest BCUT2D eigenvalue weighted by molar-refractivity contribution is 0.520. The first-order valence-corrected chi connectivity index (χ1v) is 13.0. The first kappa shape index (κ1) is 28.4. The predicted octanol–water partition coefficient (Wildman–Crippen LogP) is 9.73.